The number of hydrogen-bond donors (Lipinski definition) is 2. The molecule has 2 nitrogen and oxygen atoms in total. The van der Waals surface area contributed by atoms with Crippen LogP contribution in [0.4, 0.5) is 0 Å². The third-order valence-corrected chi connectivity index (χ3v) is 1.64. The summed E-state index contributed by atoms with van der Waals surface area (Å²) >= 11 is 0. The molecular weight excluding hydrogens is 152 g/mol. The Labute approximate surface area is 71.8 Å². The van der Waals surface area contributed by atoms with Crippen LogP contribution in [0.15, 0.2) is 30.4 Å². The molecule has 0 aliphatic heterocycles. The van der Waals surface area contributed by atoms with Gasteiger partial charge < -0.3 is 10.2 Å². The van der Waals surface area contributed by atoms with Gasteiger partial charge in [-0.2, -0.15) is 0 Å². The van der Waals surface area contributed by atoms with E-state index in [-0.39, 0.29) is 11.5 Å². The first kappa shape index (κ1) is 8.65. The molecule has 0 spiro atoms. The van der Waals surface area contributed by atoms with Crippen molar-refractivity contribution in [2.24, 2.45) is 0 Å². The molecule has 0 heterocycles. The predicted molar refractivity (Wildman–Crippen MR) is 48.3 cm³/mol. The van der Waals surface area contributed by atoms with Crippen molar-refractivity contribution >= 4 is 0 Å². The van der Waals surface area contributed by atoms with Crippen LogP contribution < -0.4 is 0 Å². The van der Waals surface area contributed by atoms with Crippen LogP contribution in [0.2, 0.25) is 0 Å². The molecule has 0 aliphatic rings. The predicted octanol–water partition coefficient (Wildman–Crippen LogP) is 2.22. The molecule has 1 rings (SSSR count). The number of rotatable bonds is 2. The van der Waals surface area contributed by atoms with E-state index in [1.54, 1.807) is 12.1 Å². The van der Waals surface area contributed by atoms with Crippen LogP contribution in [-0.4, -0.2) is 10.2 Å². The van der Waals surface area contributed by atoms with Crippen molar-refractivity contribution in [3.05, 3.63) is 35.9 Å². The van der Waals surface area contributed by atoms with Crippen molar-refractivity contribution in [1.82, 2.24) is 0 Å². The van der Waals surface area contributed by atoms with Gasteiger partial charge in [0.1, 0.15) is 11.5 Å². The summed E-state index contributed by atoms with van der Waals surface area (Å²) in [6, 6.07) is 4.63. The minimum Gasteiger partial charge on any atom is -0.508 e. The SMILES string of the molecule is CC=CCc1ccc(O)cc1O. The van der Waals surface area contributed by atoms with Crippen LogP contribution in [0.3, 0.4) is 0 Å². The lowest BCUT2D eigenvalue weighted by Crippen LogP contribution is -1.81. The van der Waals surface area contributed by atoms with Gasteiger partial charge in [-0.15, -0.1) is 0 Å². The van der Waals surface area contributed by atoms with Gasteiger partial charge in [-0.1, -0.05) is 18.2 Å². The molecule has 0 unspecified atom stereocenters. The Bertz CT molecular complexity index is 290. The molecule has 0 amide bonds. The van der Waals surface area contributed by atoms with Crippen LogP contribution in [-0.2, 0) is 6.42 Å². The first-order chi connectivity index (χ1) is 5.74. The number of aromatic hydroxyl groups is 2. The minimum atomic E-state index is 0.0942. The first-order valence-corrected chi connectivity index (χ1v) is 3.86. The van der Waals surface area contributed by atoms with E-state index in [4.69, 9.17) is 5.11 Å². The largest absolute Gasteiger partial charge is 0.508 e. The summed E-state index contributed by atoms with van der Waals surface area (Å²) in [6.07, 6.45) is 4.57. The third kappa shape index (κ3) is 2.02. The molecule has 1 aromatic carbocycles. The highest BCUT2D eigenvalue weighted by Gasteiger charge is 1.98. The summed E-state index contributed by atoms with van der Waals surface area (Å²) in [5, 5.41) is 18.3. The maximum Gasteiger partial charge on any atom is 0.122 e. The average molecular weight is 164 g/mol. The molecular formula is C10H12O2. The first-order valence-electron chi connectivity index (χ1n) is 3.86. The monoisotopic (exact) mass is 164 g/mol. The number of hydrogen-bond acceptors (Lipinski definition) is 2. The summed E-state index contributed by atoms with van der Waals surface area (Å²) in [6.45, 7) is 1.93. The fourth-order valence-electron chi connectivity index (χ4n) is 0.970. The highest BCUT2D eigenvalue weighted by molar-refractivity contribution is 5.39. The number of phenols is 2. The van der Waals surface area contributed by atoms with Crippen molar-refractivity contribution in [3.8, 4) is 11.5 Å². The Balaban J connectivity index is 2.86. The van der Waals surface area contributed by atoms with Crippen LogP contribution in [0.1, 0.15) is 12.5 Å². The lowest BCUT2D eigenvalue weighted by Gasteiger charge is -2.00. The second-order valence-electron chi connectivity index (χ2n) is 2.59. The van der Waals surface area contributed by atoms with E-state index in [9.17, 15) is 5.11 Å². The van der Waals surface area contributed by atoms with Gasteiger partial charge >= 0.3 is 0 Å². The smallest absolute Gasteiger partial charge is 0.122 e. The zero-order valence-electron chi connectivity index (χ0n) is 6.99. The van der Waals surface area contributed by atoms with Gasteiger partial charge in [0.15, 0.2) is 0 Å². The molecule has 0 saturated carbocycles. The molecule has 12 heavy (non-hydrogen) atoms. The Morgan fingerprint density at radius 1 is 1.33 bits per heavy atom. The second kappa shape index (κ2) is 3.81. The van der Waals surface area contributed by atoms with Crippen molar-refractivity contribution in [1.29, 1.82) is 0 Å². The van der Waals surface area contributed by atoms with Gasteiger partial charge in [0, 0.05) is 6.07 Å². The minimum absolute atomic E-state index is 0.0942. The molecule has 2 heteroatoms. The molecule has 0 aromatic heterocycles. The number of allylic oxidation sites excluding steroid dienone is 2. The standard InChI is InChI=1S/C10H12O2/c1-2-3-4-8-5-6-9(11)7-10(8)12/h2-3,5-7,11-12H,4H2,1H3. The Kier molecular flexibility index (Phi) is 2.75. The summed E-state index contributed by atoms with van der Waals surface area (Å²) in [5.41, 5.74) is 0.825. The molecule has 2 N–H and O–H groups in total. The van der Waals surface area contributed by atoms with Gasteiger partial charge in [0.25, 0.3) is 0 Å². The third-order valence-electron chi connectivity index (χ3n) is 1.64. The highest BCUT2D eigenvalue weighted by atomic mass is 16.3. The second-order valence-corrected chi connectivity index (χ2v) is 2.59. The Morgan fingerprint density at radius 2 is 2.08 bits per heavy atom. The molecule has 0 radical (unpaired) electrons. The Morgan fingerprint density at radius 3 is 2.67 bits per heavy atom. The molecule has 0 atom stereocenters. The fraction of sp³-hybridized carbons (Fsp3) is 0.200. The lowest BCUT2D eigenvalue weighted by atomic mass is 10.1. The van der Waals surface area contributed by atoms with Crippen LogP contribution in [0.25, 0.3) is 0 Å². The maximum absolute atomic E-state index is 9.32. The van der Waals surface area contributed by atoms with Crippen LogP contribution in [0, 0.1) is 0 Å². The lowest BCUT2D eigenvalue weighted by molar-refractivity contribution is 0.447. The fourth-order valence-corrected chi connectivity index (χ4v) is 0.970. The van der Waals surface area contributed by atoms with E-state index in [1.165, 1.54) is 6.07 Å². The van der Waals surface area contributed by atoms with Crippen molar-refractivity contribution in [2.75, 3.05) is 0 Å². The number of phenolic OH excluding ortho intramolecular Hbond substituents is 2. The zero-order chi connectivity index (χ0) is 8.97. The van der Waals surface area contributed by atoms with Crippen molar-refractivity contribution in [3.63, 3.8) is 0 Å². The maximum atomic E-state index is 9.32. The van der Waals surface area contributed by atoms with E-state index >= 15 is 0 Å². The van der Waals surface area contributed by atoms with E-state index in [2.05, 4.69) is 0 Å². The molecule has 0 bridgehead atoms. The van der Waals surface area contributed by atoms with E-state index < -0.39 is 0 Å². The average Bonchev–Trinajstić information content (AvgIpc) is 2.03. The quantitative estimate of drug-likeness (QED) is 0.658. The summed E-state index contributed by atoms with van der Waals surface area (Å²) in [7, 11) is 0. The highest BCUT2D eigenvalue weighted by Crippen LogP contribution is 2.22. The normalized spacial score (nSPS) is 10.8. The summed E-state index contributed by atoms with van der Waals surface area (Å²) in [5.74, 6) is 0.241. The molecule has 0 aliphatic carbocycles. The van der Waals surface area contributed by atoms with Crippen LogP contribution in [0.5, 0.6) is 11.5 Å². The molecule has 1 aromatic rings. The van der Waals surface area contributed by atoms with Crippen LogP contribution >= 0.6 is 0 Å². The van der Waals surface area contributed by atoms with Gasteiger partial charge in [-0.05, 0) is 25.0 Å². The van der Waals surface area contributed by atoms with Crippen molar-refractivity contribution < 1.29 is 10.2 Å². The van der Waals surface area contributed by atoms with Gasteiger partial charge in [-0.3, -0.25) is 0 Å². The zero-order valence-corrected chi connectivity index (χ0v) is 6.99. The van der Waals surface area contributed by atoms with E-state index in [0.717, 1.165) is 5.56 Å². The van der Waals surface area contributed by atoms with Gasteiger partial charge in [0.2, 0.25) is 0 Å². The Hall–Kier alpha value is -1.44. The van der Waals surface area contributed by atoms with Gasteiger partial charge in [-0.25, -0.2) is 0 Å². The molecule has 64 valence electrons. The molecule has 0 saturated heterocycles. The number of benzene rings is 1. The van der Waals surface area contributed by atoms with E-state index in [1.807, 2.05) is 19.1 Å². The van der Waals surface area contributed by atoms with E-state index in [0.29, 0.717) is 6.42 Å². The topological polar surface area (TPSA) is 40.5 Å². The summed E-state index contributed by atoms with van der Waals surface area (Å²) < 4.78 is 0. The van der Waals surface area contributed by atoms with Gasteiger partial charge in [0.05, 0.1) is 0 Å². The van der Waals surface area contributed by atoms with Crippen molar-refractivity contribution in [2.45, 2.75) is 13.3 Å². The molecule has 0 fully saturated rings. The summed E-state index contributed by atoms with van der Waals surface area (Å²) in [4.78, 5) is 0.